The van der Waals surface area contributed by atoms with Crippen LogP contribution in [0.2, 0.25) is 0 Å². The fourth-order valence-electron chi connectivity index (χ4n) is 24.7. The Morgan fingerprint density at radius 1 is 0.248 bits per heavy atom. The topological polar surface area (TPSA) is 23.9 Å². The highest BCUT2D eigenvalue weighted by molar-refractivity contribution is 6.12. The second-order valence-corrected chi connectivity index (χ2v) is 42.8. The van der Waals surface area contributed by atoms with E-state index >= 15 is 0 Å². The molecule has 3 aliphatic carbocycles. The lowest BCUT2D eigenvalue weighted by Crippen LogP contribution is -2.46. The van der Waals surface area contributed by atoms with Gasteiger partial charge in [-0.15, -0.1) is 0 Å². The molecule has 1 heterocycles. The number of benzene rings is 21. The summed E-state index contributed by atoms with van der Waals surface area (Å²) in [4.78, 5) is 12.9. The first-order chi connectivity index (χ1) is 73.0. The first-order valence-corrected chi connectivity index (χ1v) is 52.9. The molecule has 0 aliphatic heterocycles. The predicted octanol–water partition coefficient (Wildman–Crippen LogP) is 38.9. The van der Waals surface area contributed by atoms with Gasteiger partial charge in [0.25, 0.3) is 0 Å². The normalized spacial score (nSPS) is 14.3. The summed E-state index contributed by atoms with van der Waals surface area (Å²) in [6.45, 7) is 18.8. The molecular formula is C144H118N4O. The summed E-state index contributed by atoms with van der Waals surface area (Å²) >= 11 is 0. The third-order valence-electron chi connectivity index (χ3n) is 32.1. The monoisotopic (exact) mass is 1920 g/mol. The average Bonchev–Trinajstić information content (AvgIpc) is 1.50. The van der Waals surface area contributed by atoms with E-state index < -0.39 is 11.0 Å². The molecule has 1 aromatic heterocycles. The number of aromatic nitrogens is 1. The van der Waals surface area contributed by atoms with Crippen molar-refractivity contribution in [3.63, 3.8) is 0 Å². The van der Waals surface area contributed by atoms with Gasteiger partial charge in [-0.2, -0.15) is 5.06 Å². The van der Waals surface area contributed by atoms with Crippen LogP contribution in [-0.4, -0.2) is 15.2 Å². The van der Waals surface area contributed by atoms with Crippen molar-refractivity contribution >= 4 is 55.9 Å². The lowest BCUT2D eigenvalue weighted by molar-refractivity contribution is -0.278. The van der Waals surface area contributed by atoms with Gasteiger partial charge < -0.3 is 14.4 Å². The van der Waals surface area contributed by atoms with Crippen LogP contribution in [0.5, 0.6) is 0 Å². The SMILES string of the molecule is CC(CC(CC(ON(C(c1ccccc1)C(C)C)C(C)(C)C)c1ccc(-c2ccc3c(c2)c2cc(-c4ccc(N(c5ccc(-c6ccccc6)cc5)c5ccc6c(c5)C(C)(C)c5ccccc5-6)cc4)ccc2n3-c2ccccc2)cc1)c1ccc(-c2ccc3c(c2)C2(c4ccccc4-3)c3ccccc3-c3ccc(-c4cccc(N(c5ccc(-c6ccccc6)cc5)c5ccc(-c6ccccc6)cc5)c4)cc32)cc1)c1ccccc1. The molecule has 3 aliphatic rings. The number of para-hydroxylation sites is 1. The maximum atomic E-state index is 8.06. The molecule has 0 fully saturated rings. The van der Waals surface area contributed by atoms with Gasteiger partial charge in [0.1, 0.15) is 6.10 Å². The Labute approximate surface area is 876 Å². The molecular weight excluding hydrogens is 1800 g/mol. The van der Waals surface area contributed by atoms with E-state index in [2.05, 4.69) is 590 Å². The first kappa shape index (κ1) is 93.0. The van der Waals surface area contributed by atoms with E-state index in [9.17, 15) is 0 Å². The molecule has 720 valence electrons. The van der Waals surface area contributed by atoms with Crippen molar-refractivity contribution in [3.05, 3.63) is 571 Å². The highest BCUT2D eigenvalue weighted by atomic mass is 16.7. The van der Waals surface area contributed by atoms with Gasteiger partial charge >= 0.3 is 0 Å². The van der Waals surface area contributed by atoms with Crippen molar-refractivity contribution in [2.24, 2.45) is 5.92 Å². The van der Waals surface area contributed by atoms with E-state index in [1.165, 1.54) is 139 Å². The van der Waals surface area contributed by atoms with Crippen LogP contribution in [0.1, 0.15) is 148 Å². The van der Waals surface area contributed by atoms with E-state index in [0.29, 0.717) is 0 Å². The Morgan fingerprint density at radius 3 is 1.03 bits per heavy atom. The Morgan fingerprint density at radius 2 is 0.570 bits per heavy atom. The Kier molecular flexibility index (Phi) is 24.2. The molecule has 1 spiro atoms. The minimum Gasteiger partial charge on any atom is -0.310 e. The van der Waals surface area contributed by atoms with Crippen LogP contribution in [0.25, 0.3) is 139 Å². The van der Waals surface area contributed by atoms with E-state index in [1.54, 1.807) is 0 Å². The molecule has 5 unspecified atom stereocenters. The molecule has 21 aromatic carbocycles. The quantitative estimate of drug-likeness (QED) is 0.0504. The standard InChI is InChI=1S/C144H118N4O/c1-96(2)141(110-42-23-13-24-43-110)148(142(4,5)6)149-140(109-60-58-105(59-61-109)112-72-86-138-130(90-112)131-91-113(73-87-139(131)147(138)117-45-25-14-26-46-117)107-68-80-121(81-69-107)146(120-78-66-104(67-79-120)101-40-21-12-22-41-101)123-82-85-127-124-48-27-30-51-132(124)143(7,8)135(127)95-123)94-116(88-97(3)98-34-15-9-16-35-98)108-56-54-106(55-57-108)114-70-83-128-125-49-28-31-52-133(125)144(136(128)92-114)134-53-32-29-50-126(134)129-84-71-115(93-137(129)144)111-44-33-47-122(89-111)145(118-74-62-102(63-75-118)99-36-17-10-18-37-99)119-76-64-103(65-77-119)100-38-19-11-20-39-100/h9-87,89-93,95-97,116,140-141H,88,94H2,1-8H3. The minimum absolute atomic E-state index is 0.0524. The Bertz CT molecular complexity index is 8580. The zero-order valence-electron chi connectivity index (χ0n) is 85.6. The molecule has 0 saturated carbocycles. The van der Waals surface area contributed by atoms with Crippen LogP contribution >= 0.6 is 0 Å². The second-order valence-electron chi connectivity index (χ2n) is 42.8. The number of anilines is 6. The van der Waals surface area contributed by atoms with Crippen LogP contribution in [-0.2, 0) is 15.7 Å². The molecule has 0 amide bonds. The molecule has 0 bridgehead atoms. The highest BCUT2D eigenvalue weighted by Crippen LogP contribution is 2.64. The molecule has 0 N–H and O–H groups in total. The molecule has 5 nitrogen and oxygen atoms in total. The van der Waals surface area contributed by atoms with Gasteiger partial charge in [0.2, 0.25) is 0 Å². The fourth-order valence-corrected chi connectivity index (χ4v) is 24.7. The smallest absolute Gasteiger partial charge is 0.105 e. The molecule has 5 heteroatoms. The molecule has 25 rings (SSSR count). The van der Waals surface area contributed by atoms with E-state index in [0.717, 1.165) is 103 Å². The number of hydrogen-bond donors (Lipinski definition) is 0. The number of nitrogens with zero attached hydrogens (tertiary/aromatic N) is 4. The summed E-state index contributed by atoms with van der Waals surface area (Å²) in [5, 5.41) is 4.74. The predicted molar refractivity (Wildman–Crippen MR) is 625 cm³/mol. The summed E-state index contributed by atoms with van der Waals surface area (Å²) in [7, 11) is 0. The van der Waals surface area contributed by atoms with Gasteiger partial charge in [-0.1, -0.05) is 429 Å². The van der Waals surface area contributed by atoms with Crippen molar-refractivity contribution in [1.82, 2.24) is 9.63 Å². The summed E-state index contributed by atoms with van der Waals surface area (Å²) in [6, 6.07) is 193. The van der Waals surface area contributed by atoms with Crippen LogP contribution in [0.15, 0.2) is 516 Å². The Hall–Kier alpha value is -17.1. The maximum Gasteiger partial charge on any atom is 0.105 e. The van der Waals surface area contributed by atoms with E-state index in [-0.39, 0.29) is 35.3 Å². The van der Waals surface area contributed by atoms with Gasteiger partial charge in [-0.25, -0.2) is 0 Å². The zero-order valence-corrected chi connectivity index (χ0v) is 85.6. The van der Waals surface area contributed by atoms with Crippen LogP contribution in [0.4, 0.5) is 34.1 Å². The Balaban J connectivity index is 0.560. The summed E-state index contributed by atoms with van der Waals surface area (Å²) in [5.41, 5.74) is 45.8. The zero-order chi connectivity index (χ0) is 101. The lowest BCUT2D eigenvalue weighted by Gasteiger charge is -2.45. The van der Waals surface area contributed by atoms with Gasteiger partial charge in [0.15, 0.2) is 0 Å². The number of hydrogen-bond acceptors (Lipinski definition) is 4. The van der Waals surface area contributed by atoms with E-state index in [1.807, 2.05) is 0 Å². The van der Waals surface area contributed by atoms with Crippen molar-refractivity contribution < 1.29 is 4.84 Å². The fraction of sp³-hybridized carbons (Fsp3) is 0.125. The van der Waals surface area contributed by atoms with Crippen molar-refractivity contribution in [2.75, 3.05) is 9.80 Å². The lowest BCUT2D eigenvalue weighted by atomic mass is 9.70. The van der Waals surface area contributed by atoms with E-state index in [4.69, 9.17) is 4.84 Å². The number of fused-ring (bicyclic) bond motifs is 16. The highest BCUT2D eigenvalue weighted by Gasteiger charge is 2.52. The molecule has 0 radical (unpaired) electrons. The minimum atomic E-state index is -0.615. The maximum absolute atomic E-state index is 8.06. The van der Waals surface area contributed by atoms with Crippen LogP contribution < -0.4 is 9.80 Å². The average molecular weight is 1920 g/mol. The van der Waals surface area contributed by atoms with Crippen molar-refractivity contribution in [1.29, 1.82) is 0 Å². The third-order valence-corrected chi connectivity index (χ3v) is 32.1. The third kappa shape index (κ3) is 17.1. The van der Waals surface area contributed by atoms with Gasteiger partial charge in [0, 0.05) is 61.5 Å². The van der Waals surface area contributed by atoms with Gasteiger partial charge in [-0.05, 0) is 340 Å². The van der Waals surface area contributed by atoms with Gasteiger partial charge in [-0.3, -0.25) is 4.84 Å². The summed E-state index contributed by atoms with van der Waals surface area (Å²) in [5.74, 6) is 0.506. The first-order valence-electron chi connectivity index (χ1n) is 52.9. The van der Waals surface area contributed by atoms with Crippen molar-refractivity contribution in [2.45, 2.75) is 109 Å². The molecule has 22 aromatic rings. The van der Waals surface area contributed by atoms with Crippen LogP contribution in [0.3, 0.4) is 0 Å². The molecule has 0 saturated heterocycles. The molecule has 5 atom stereocenters. The van der Waals surface area contributed by atoms with Crippen LogP contribution in [0, 0.1) is 5.92 Å². The summed E-state index contributed by atoms with van der Waals surface area (Å²) in [6.07, 6.45) is 1.25. The number of hydroxylamine groups is 2. The molecule has 149 heavy (non-hydrogen) atoms. The largest absolute Gasteiger partial charge is 0.310 e. The summed E-state index contributed by atoms with van der Waals surface area (Å²) < 4.78 is 2.44. The second kappa shape index (κ2) is 38.7. The number of rotatable bonds is 26. The van der Waals surface area contributed by atoms with Crippen molar-refractivity contribution in [3.8, 4) is 117 Å². The van der Waals surface area contributed by atoms with Gasteiger partial charge in [0.05, 0.1) is 22.5 Å².